The number of carbonyl (C=O) groups is 1. The van der Waals surface area contributed by atoms with Crippen molar-refractivity contribution in [3.63, 3.8) is 0 Å². The molecule has 1 aromatic heterocycles. The predicted octanol–water partition coefficient (Wildman–Crippen LogP) is 2.87. The molecule has 1 unspecified atom stereocenters. The maximum absolute atomic E-state index is 12.4. The van der Waals surface area contributed by atoms with Crippen LogP contribution in [0.4, 0.5) is 13.2 Å². The fraction of sp³-hybridized carbons (Fsp3) is 0.250. The van der Waals surface area contributed by atoms with Gasteiger partial charge in [-0.15, -0.1) is 0 Å². The molecule has 122 valence electrons. The van der Waals surface area contributed by atoms with Gasteiger partial charge < -0.3 is 10.4 Å². The van der Waals surface area contributed by atoms with Gasteiger partial charge in [0.05, 0.1) is 11.7 Å². The van der Waals surface area contributed by atoms with Crippen molar-refractivity contribution >= 4 is 5.91 Å². The number of rotatable bonds is 4. The molecule has 0 aliphatic rings. The first-order valence-electron chi connectivity index (χ1n) is 6.84. The largest absolute Gasteiger partial charge is 0.433 e. The first kappa shape index (κ1) is 17.0. The molecule has 7 heteroatoms. The second-order valence-corrected chi connectivity index (χ2v) is 5.01. The number of aliphatic hydroxyl groups is 1. The van der Waals surface area contributed by atoms with E-state index in [-0.39, 0.29) is 12.1 Å². The first-order chi connectivity index (χ1) is 10.8. The third-order valence-electron chi connectivity index (χ3n) is 3.32. The number of halogens is 3. The van der Waals surface area contributed by atoms with E-state index in [0.29, 0.717) is 5.56 Å². The molecule has 0 saturated carbocycles. The summed E-state index contributed by atoms with van der Waals surface area (Å²) >= 11 is 0. The molecule has 0 fully saturated rings. The van der Waals surface area contributed by atoms with Crippen molar-refractivity contribution in [3.8, 4) is 0 Å². The highest BCUT2D eigenvalue weighted by Crippen LogP contribution is 2.27. The van der Waals surface area contributed by atoms with Crippen LogP contribution in [0.5, 0.6) is 0 Å². The minimum atomic E-state index is -4.55. The molecule has 23 heavy (non-hydrogen) atoms. The zero-order valence-corrected chi connectivity index (χ0v) is 12.3. The fourth-order valence-corrected chi connectivity index (χ4v) is 2.06. The molecule has 1 amide bonds. The van der Waals surface area contributed by atoms with Gasteiger partial charge in [0, 0.05) is 12.7 Å². The molecule has 0 aliphatic heterocycles. The molecule has 0 bridgehead atoms. The average Bonchev–Trinajstić information content (AvgIpc) is 2.52. The third-order valence-corrected chi connectivity index (χ3v) is 3.32. The number of aryl methyl sites for hydroxylation is 1. The van der Waals surface area contributed by atoms with E-state index in [4.69, 9.17) is 0 Å². The second-order valence-electron chi connectivity index (χ2n) is 5.01. The van der Waals surface area contributed by atoms with E-state index in [1.54, 1.807) is 12.1 Å². The molecule has 1 heterocycles. The van der Waals surface area contributed by atoms with Crippen molar-refractivity contribution in [1.82, 2.24) is 10.3 Å². The number of nitrogens with zero attached hydrogens (tertiary/aromatic N) is 1. The lowest BCUT2D eigenvalue weighted by Crippen LogP contribution is -2.28. The Hall–Kier alpha value is -2.41. The quantitative estimate of drug-likeness (QED) is 0.909. The zero-order chi connectivity index (χ0) is 17.0. The summed E-state index contributed by atoms with van der Waals surface area (Å²) < 4.78 is 37.2. The Kier molecular flexibility index (Phi) is 5.00. The van der Waals surface area contributed by atoms with Crippen LogP contribution in [-0.4, -0.2) is 22.5 Å². The summed E-state index contributed by atoms with van der Waals surface area (Å²) in [6.07, 6.45) is -4.59. The second kappa shape index (κ2) is 6.78. The van der Waals surface area contributed by atoms with Crippen LogP contribution >= 0.6 is 0 Å². The number of carbonyl (C=O) groups excluding carboxylic acids is 1. The van der Waals surface area contributed by atoms with Gasteiger partial charge in [0.25, 0.3) is 5.91 Å². The number of aromatic nitrogens is 1. The normalized spacial score (nSPS) is 12.7. The SMILES string of the molecule is Cc1ccccc1C(O)CNC(=O)c1ccc(C(F)(F)F)nc1. The molecule has 2 aromatic rings. The van der Waals surface area contributed by atoms with Gasteiger partial charge in [-0.3, -0.25) is 9.78 Å². The van der Waals surface area contributed by atoms with Gasteiger partial charge in [0.15, 0.2) is 0 Å². The summed E-state index contributed by atoms with van der Waals surface area (Å²) in [5, 5.41) is 12.5. The summed E-state index contributed by atoms with van der Waals surface area (Å²) in [5.41, 5.74) is 0.493. The molecular weight excluding hydrogens is 309 g/mol. The number of amides is 1. The molecule has 0 radical (unpaired) electrons. The molecular formula is C16H15F3N2O2. The number of benzene rings is 1. The van der Waals surface area contributed by atoms with E-state index < -0.39 is 23.9 Å². The smallest absolute Gasteiger partial charge is 0.387 e. The average molecular weight is 324 g/mol. The van der Waals surface area contributed by atoms with Crippen LogP contribution in [0.25, 0.3) is 0 Å². The van der Waals surface area contributed by atoms with Crippen LogP contribution in [0.1, 0.15) is 33.3 Å². The Labute approximate surface area is 131 Å². The van der Waals surface area contributed by atoms with E-state index in [1.807, 2.05) is 19.1 Å². The Morgan fingerprint density at radius 2 is 1.96 bits per heavy atom. The summed E-state index contributed by atoms with van der Waals surface area (Å²) in [7, 11) is 0. The number of pyridine rings is 1. The number of hydrogen-bond acceptors (Lipinski definition) is 3. The molecule has 1 atom stereocenters. The number of aliphatic hydroxyl groups excluding tert-OH is 1. The number of nitrogens with one attached hydrogen (secondary N) is 1. The Morgan fingerprint density at radius 3 is 2.52 bits per heavy atom. The summed E-state index contributed by atoms with van der Waals surface area (Å²) in [6.45, 7) is 1.78. The predicted molar refractivity (Wildman–Crippen MR) is 77.7 cm³/mol. The maximum atomic E-state index is 12.4. The molecule has 0 aliphatic carbocycles. The summed E-state index contributed by atoms with van der Waals surface area (Å²) in [5.74, 6) is -0.598. The van der Waals surface area contributed by atoms with Gasteiger partial charge in [-0.05, 0) is 30.2 Å². The number of alkyl halides is 3. The highest BCUT2D eigenvalue weighted by Gasteiger charge is 2.32. The lowest BCUT2D eigenvalue weighted by atomic mass is 10.0. The van der Waals surface area contributed by atoms with Crippen LogP contribution < -0.4 is 5.32 Å². The van der Waals surface area contributed by atoms with Gasteiger partial charge in [-0.2, -0.15) is 13.2 Å². The van der Waals surface area contributed by atoms with E-state index in [9.17, 15) is 23.1 Å². The summed E-state index contributed by atoms with van der Waals surface area (Å²) in [4.78, 5) is 15.1. The van der Waals surface area contributed by atoms with Crippen molar-refractivity contribution < 1.29 is 23.1 Å². The Balaban J connectivity index is 1.98. The fourth-order valence-electron chi connectivity index (χ4n) is 2.06. The highest BCUT2D eigenvalue weighted by molar-refractivity contribution is 5.93. The van der Waals surface area contributed by atoms with Crippen molar-refractivity contribution in [2.45, 2.75) is 19.2 Å². The Morgan fingerprint density at radius 1 is 1.26 bits per heavy atom. The lowest BCUT2D eigenvalue weighted by Gasteiger charge is -2.14. The minimum absolute atomic E-state index is 0.00464. The van der Waals surface area contributed by atoms with Crippen LogP contribution in [0.15, 0.2) is 42.6 Å². The molecule has 0 saturated heterocycles. The van der Waals surface area contributed by atoms with Gasteiger partial charge in [-0.1, -0.05) is 24.3 Å². The van der Waals surface area contributed by atoms with Gasteiger partial charge in [0.1, 0.15) is 5.69 Å². The standard InChI is InChI=1S/C16H15F3N2O2/c1-10-4-2-3-5-12(10)13(22)9-21-15(23)11-6-7-14(20-8-11)16(17,18)19/h2-8,13,22H,9H2,1H3,(H,21,23). The van der Waals surface area contributed by atoms with Crippen LogP contribution in [-0.2, 0) is 6.18 Å². The van der Waals surface area contributed by atoms with Crippen molar-refractivity contribution in [1.29, 1.82) is 0 Å². The minimum Gasteiger partial charge on any atom is -0.387 e. The molecule has 0 spiro atoms. The van der Waals surface area contributed by atoms with Crippen LogP contribution in [0.2, 0.25) is 0 Å². The van der Waals surface area contributed by atoms with Crippen molar-refractivity contribution in [2.24, 2.45) is 0 Å². The first-order valence-corrected chi connectivity index (χ1v) is 6.84. The van der Waals surface area contributed by atoms with Gasteiger partial charge in [-0.25, -0.2) is 0 Å². The van der Waals surface area contributed by atoms with E-state index in [1.165, 1.54) is 0 Å². The topological polar surface area (TPSA) is 62.2 Å². The van der Waals surface area contributed by atoms with Crippen LogP contribution in [0, 0.1) is 6.92 Å². The zero-order valence-electron chi connectivity index (χ0n) is 12.3. The molecule has 2 rings (SSSR count). The maximum Gasteiger partial charge on any atom is 0.433 e. The highest BCUT2D eigenvalue weighted by atomic mass is 19.4. The summed E-state index contributed by atoms with van der Waals surface area (Å²) in [6, 6.07) is 8.97. The lowest BCUT2D eigenvalue weighted by molar-refractivity contribution is -0.141. The van der Waals surface area contributed by atoms with E-state index >= 15 is 0 Å². The van der Waals surface area contributed by atoms with E-state index in [2.05, 4.69) is 10.3 Å². The van der Waals surface area contributed by atoms with Crippen molar-refractivity contribution in [3.05, 3.63) is 65.0 Å². The molecule has 4 nitrogen and oxygen atoms in total. The molecule has 2 N–H and O–H groups in total. The van der Waals surface area contributed by atoms with Crippen LogP contribution in [0.3, 0.4) is 0 Å². The Bertz CT molecular complexity index is 684. The van der Waals surface area contributed by atoms with Gasteiger partial charge >= 0.3 is 6.18 Å². The van der Waals surface area contributed by atoms with Gasteiger partial charge in [0.2, 0.25) is 0 Å². The van der Waals surface area contributed by atoms with Crippen molar-refractivity contribution in [2.75, 3.05) is 6.54 Å². The molecule has 1 aromatic carbocycles. The number of hydrogen-bond donors (Lipinski definition) is 2. The third kappa shape index (κ3) is 4.29. The monoisotopic (exact) mass is 324 g/mol. The van der Waals surface area contributed by atoms with E-state index in [0.717, 1.165) is 23.9 Å².